The van der Waals surface area contributed by atoms with Gasteiger partial charge in [-0.15, -0.1) is 0 Å². The minimum atomic E-state index is -0.258. The highest BCUT2D eigenvalue weighted by molar-refractivity contribution is 5.79. The van der Waals surface area contributed by atoms with E-state index >= 15 is 0 Å². The molecule has 2 heteroatoms. The normalized spacial score (nSPS) is 33.5. The summed E-state index contributed by atoms with van der Waals surface area (Å²) in [6.07, 6.45) is 7.31. The fourth-order valence-corrected chi connectivity index (χ4v) is 4.77. The second-order valence-corrected chi connectivity index (χ2v) is 7.13. The summed E-state index contributed by atoms with van der Waals surface area (Å²) < 4.78 is 5.51. The quantitative estimate of drug-likeness (QED) is 0.689. The Hall–Kier alpha value is -0.530. The van der Waals surface area contributed by atoms with Gasteiger partial charge in [0.15, 0.2) is 0 Å². The van der Waals surface area contributed by atoms with Gasteiger partial charge < -0.3 is 4.74 Å². The largest absolute Gasteiger partial charge is 0.465 e. The average molecular weight is 252 g/mol. The maximum Gasteiger partial charge on any atom is 0.313 e. The Labute approximate surface area is 111 Å². The summed E-state index contributed by atoms with van der Waals surface area (Å²) >= 11 is 0. The second-order valence-electron chi connectivity index (χ2n) is 7.13. The van der Waals surface area contributed by atoms with Crippen molar-refractivity contribution in [1.29, 1.82) is 0 Å². The lowest BCUT2D eigenvalue weighted by molar-refractivity contribution is -0.194. The molecule has 0 radical (unpaired) electrons. The predicted octanol–water partition coefficient (Wildman–Crippen LogP) is 4.18. The molecule has 1 saturated carbocycles. The number of carbonyl (C=O) groups excluding carboxylic acids is 1. The Morgan fingerprint density at radius 1 is 1.17 bits per heavy atom. The van der Waals surface area contributed by atoms with Gasteiger partial charge in [0.1, 0.15) is 0 Å². The second kappa shape index (κ2) is 4.86. The molecule has 0 amide bonds. The molecule has 1 atom stereocenters. The molecule has 0 aromatic carbocycles. The number of ether oxygens (including phenoxy) is 1. The van der Waals surface area contributed by atoms with Crippen LogP contribution in [0.2, 0.25) is 0 Å². The summed E-state index contributed by atoms with van der Waals surface area (Å²) in [5, 5.41) is 0. The van der Waals surface area contributed by atoms with Gasteiger partial charge in [-0.2, -0.15) is 0 Å². The molecule has 18 heavy (non-hydrogen) atoms. The Bertz CT molecular complexity index is 313. The van der Waals surface area contributed by atoms with Crippen molar-refractivity contribution >= 4 is 5.97 Å². The molecule has 0 spiro atoms. The molecule has 1 saturated heterocycles. The van der Waals surface area contributed by atoms with Gasteiger partial charge in [0.2, 0.25) is 0 Å². The van der Waals surface area contributed by atoms with E-state index < -0.39 is 0 Å². The van der Waals surface area contributed by atoms with E-state index in [-0.39, 0.29) is 16.8 Å². The van der Waals surface area contributed by atoms with E-state index in [0.717, 1.165) is 6.42 Å². The SMILES string of the molecule is CC(C)C1(C2CCCCC2)C(=O)OCCC1(C)C. The van der Waals surface area contributed by atoms with Crippen LogP contribution in [0.4, 0.5) is 0 Å². The third kappa shape index (κ3) is 1.88. The first kappa shape index (κ1) is 13.9. The minimum absolute atomic E-state index is 0.0680. The molecular formula is C16H28O2. The summed E-state index contributed by atoms with van der Waals surface area (Å²) in [4.78, 5) is 12.7. The van der Waals surface area contributed by atoms with Crippen molar-refractivity contribution < 1.29 is 9.53 Å². The van der Waals surface area contributed by atoms with Gasteiger partial charge in [-0.05, 0) is 36.5 Å². The van der Waals surface area contributed by atoms with Crippen LogP contribution in [0.3, 0.4) is 0 Å². The molecule has 1 unspecified atom stereocenters. The lowest BCUT2D eigenvalue weighted by Gasteiger charge is -2.55. The number of carbonyl (C=O) groups is 1. The molecule has 2 rings (SSSR count). The topological polar surface area (TPSA) is 26.3 Å². The monoisotopic (exact) mass is 252 g/mol. The molecule has 2 nitrogen and oxygen atoms in total. The lowest BCUT2D eigenvalue weighted by Crippen LogP contribution is -2.57. The molecule has 1 aliphatic heterocycles. The van der Waals surface area contributed by atoms with Crippen LogP contribution >= 0.6 is 0 Å². The zero-order chi connectivity index (χ0) is 13.4. The van der Waals surface area contributed by atoms with Gasteiger partial charge in [-0.3, -0.25) is 4.79 Å². The molecule has 0 N–H and O–H groups in total. The van der Waals surface area contributed by atoms with Crippen LogP contribution in [0.5, 0.6) is 0 Å². The van der Waals surface area contributed by atoms with E-state index in [0.29, 0.717) is 18.4 Å². The highest BCUT2D eigenvalue weighted by Gasteiger charge is 2.60. The van der Waals surface area contributed by atoms with Crippen LogP contribution < -0.4 is 0 Å². The smallest absolute Gasteiger partial charge is 0.313 e. The predicted molar refractivity (Wildman–Crippen MR) is 73.2 cm³/mol. The van der Waals surface area contributed by atoms with Gasteiger partial charge in [0.05, 0.1) is 12.0 Å². The van der Waals surface area contributed by atoms with Crippen molar-refractivity contribution in [3.63, 3.8) is 0 Å². The summed E-state index contributed by atoms with van der Waals surface area (Å²) in [6.45, 7) is 9.59. The van der Waals surface area contributed by atoms with E-state index in [1.54, 1.807) is 0 Å². The first-order valence-corrected chi connectivity index (χ1v) is 7.60. The van der Waals surface area contributed by atoms with E-state index in [1.807, 2.05) is 0 Å². The molecular weight excluding hydrogens is 224 g/mol. The fraction of sp³-hybridized carbons (Fsp3) is 0.938. The Morgan fingerprint density at radius 3 is 2.28 bits per heavy atom. The number of esters is 1. The Morgan fingerprint density at radius 2 is 1.78 bits per heavy atom. The first-order valence-electron chi connectivity index (χ1n) is 7.60. The maximum atomic E-state index is 12.7. The van der Waals surface area contributed by atoms with E-state index in [1.165, 1.54) is 32.1 Å². The van der Waals surface area contributed by atoms with Crippen molar-refractivity contribution in [2.24, 2.45) is 22.7 Å². The van der Waals surface area contributed by atoms with E-state index in [2.05, 4.69) is 27.7 Å². The van der Waals surface area contributed by atoms with Crippen LogP contribution in [0.15, 0.2) is 0 Å². The summed E-state index contributed by atoms with van der Waals surface area (Å²) in [7, 11) is 0. The first-order chi connectivity index (χ1) is 8.43. The number of cyclic esters (lactones) is 1. The number of hydrogen-bond donors (Lipinski definition) is 0. The molecule has 1 heterocycles. The Kier molecular flexibility index (Phi) is 3.75. The van der Waals surface area contributed by atoms with Crippen molar-refractivity contribution in [2.45, 2.75) is 66.2 Å². The third-order valence-corrected chi connectivity index (χ3v) is 5.58. The average Bonchev–Trinajstić information content (AvgIpc) is 2.29. The number of rotatable bonds is 2. The van der Waals surface area contributed by atoms with Crippen molar-refractivity contribution in [3.05, 3.63) is 0 Å². The molecule has 104 valence electrons. The van der Waals surface area contributed by atoms with Crippen molar-refractivity contribution in [1.82, 2.24) is 0 Å². The minimum Gasteiger partial charge on any atom is -0.465 e. The molecule has 1 aliphatic carbocycles. The van der Waals surface area contributed by atoms with E-state index in [4.69, 9.17) is 4.74 Å². The van der Waals surface area contributed by atoms with Crippen LogP contribution in [0, 0.1) is 22.7 Å². The van der Waals surface area contributed by atoms with Crippen LogP contribution in [0.1, 0.15) is 66.2 Å². The molecule has 2 fully saturated rings. The van der Waals surface area contributed by atoms with Crippen molar-refractivity contribution in [2.75, 3.05) is 6.61 Å². The molecule has 0 bridgehead atoms. The van der Waals surface area contributed by atoms with Gasteiger partial charge in [-0.1, -0.05) is 47.0 Å². The highest BCUT2D eigenvalue weighted by atomic mass is 16.5. The summed E-state index contributed by atoms with van der Waals surface area (Å²) in [6, 6.07) is 0. The Balaban J connectivity index is 2.42. The van der Waals surface area contributed by atoms with Gasteiger partial charge >= 0.3 is 5.97 Å². The molecule has 2 aliphatic rings. The van der Waals surface area contributed by atoms with Gasteiger partial charge in [0, 0.05) is 0 Å². The third-order valence-electron chi connectivity index (χ3n) is 5.58. The summed E-state index contributed by atoms with van der Waals surface area (Å²) in [5.74, 6) is 0.970. The van der Waals surface area contributed by atoms with E-state index in [9.17, 15) is 4.79 Å². The lowest BCUT2D eigenvalue weighted by atomic mass is 9.49. The van der Waals surface area contributed by atoms with Crippen LogP contribution in [-0.4, -0.2) is 12.6 Å². The maximum absolute atomic E-state index is 12.7. The zero-order valence-corrected chi connectivity index (χ0v) is 12.4. The molecule has 0 aromatic rings. The van der Waals surface area contributed by atoms with Crippen molar-refractivity contribution in [3.8, 4) is 0 Å². The van der Waals surface area contributed by atoms with Gasteiger partial charge in [0.25, 0.3) is 0 Å². The zero-order valence-electron chi connectivity index (χ0n) is 12.4. The fourth-order valence-electron chi connectivity index (χ4n) is 4.77. The summed E-state index contributed by atoms with van der Waals surface area (Å²) in [5.41, 5.74) is -0.190. The highest BCUT2D eigenvalue weighted by Crippen LogP contribution is 2.58. The number of hydrogen-bond acceptors (Lipinski definition) is 2. The molecule has 0 aromatic heterocycles. The standard InChI is InChI=1S/C16H28O2/c1-12(2)16(13-8-6-5-7-9-13)14(17)18-11-10-15(16,3)4/h12-13H,5-11H2,1-4H3. The van der Waals surface area contributed by atoms with Crippen LogP contribution in [-0.2, 0) is 9.53 Å². The van der Waals surface area contributed by atoms with Crippen LogP contribution in [0.25, 0.3) is 0 Å². The van der Waals surface area contributed by atoms with Gasteiger partial charge in [-0.25, -0.2) is 0 Å².